The SMILES string of the molecule is CCn1ccc(CNC(=O)c2cc(S(=O)(=O)N3CCCCC3)c(Cl)cc2Cl)n1. The number of hydrogen-bond donors (Lipinski definition) is 1. The Balaban J connectivity index is 1.83. The minimum Gasteiger partial charge on any atom is -0.346 e. The van der Waals surface area contributed by atoms with Crippen molar-refractivity contribution >= 4 is 39.1 Å². The first-order valence-corrected chi connectivity index (χ1v) is 11.3. The van der Waals surface area contributed by atoms with Crippen LogP contribution in [0.25, 0.3) is 0 Å². The van der Waals surface area contributed by atoms with Crippen LogP contribution in [0.2, 0.25) is 10.0 Å². The molecule has 0 bridgehead atoms. The molecule has 1 saturated heterocycles. The highest BCUT2D eigenvalue weighted by Gasteiger charge is 2.29. The quantitative estimate of drug-likeness (QED) is 0.740. The van der Waals surface area contributed by atoms with Crippen LogP contribution >= 0.6 is 23.2 Å². The van der Waals surface area contributed by atoms with Crippen molar-refractivity contribution in [2.24, 2.45) is 0 Å². The van der Waals surface area contributed by atoms with Crippen molar-refractivity contribution in [3.05, 3.63) is 45.7 Å². The van der Waals surface area contributed by atoms with Gasteiger partial charge in [-0.1, -0.05) is 29.6 Å². The molecule has 1 aromatic heterocycles. The summed E-state index contributed by atoms with van der Waals surface area (Å²) in [7, 11) is -3.79. The van der Waals surface area contributed by atoms with Gasteiger partial charge in [0.25, 0.3) is 5.91 Å². The Kier molecular flexibility index (Phi) is 6.65. The lowest BCUT2D eigenvalue weighted by Crippen LogP contribution is -2.36. The number of nitrogens with zero attached hydrogens (tertiary/aromatic N) is 3. The van der Waals surface area contributed by atoms with Gasteiger partial charge in [-0.25, -0.2) is 8.42 Å². The summed E-state index contributed by atoms with van der Waals surface area (Å²) in [5.74, 6) is -0.484. The summed E-state index contributed by atoms with van der Waals surface area (Å²) in [6.07, 6.45) is 4.44. The van der Waals surface area contributed by atoms with E-state index in [-0.39, 0.29) is 27.0 Å². The number of nitrogens with one attached hydrogen (secondary N) is 1. The Morgan fingerprint density at radius 2 is 1.89 bits per heavy atom. The Bertz CT molecular complexity index is 969. The molecule has 7 nitrogen and oxygen atoms in total. The number of rotatable bonds is 6. The second-order valence-electron chi connectivity index (χ2n) is 6.57. The first kappa shape index (κ1) is 21.1. The lowest BCUT2D eigenvalue weighted by molar-refractivity contribution is 0.0950. The second-order valence-corrected chi connectivity index (χ2v) is 9.29. The van der Waals surface area contributed by atoms with E-state index in [1.165, 1.54) is 16.4 Å². The third-order valence-electron chi connectivity index (χ3n) is 4.65. The monoisotopic (exact) mass is 444 g/mol. The molecule has 3 rings (SSSR count). The van der Waals surface area contributed by atoms with Crippen molar-refractivity contribution in [2.45, 2.75) is 44.2 Å². The Labute approximate surface area is 174 Å². The fourth-order valence-electron chi connectivity index (χ4n) is 3.09. The molecule has 0 radical (unpaired) electrons. The van der Waals surface area contributed by atoms with Crippen molar-refractivity contribution in [3.8, 4) is 0 Å². The van der Waals surface area contributed by atoms with Crippen LogP contribution in [0.5, 0.6) is 0 Å². The van der Waals surface area contributed by atoms with Crippen LogP contribution in [0.15, 0.2) is 29.3 Å². The maximum atomic E-state index is 13.0. The second kappa shape index (κ2) is 8.82. The summed E-state index contributed by atoms with van der Waals surface area (Å²) in [6.45, 7) is 3.80. The highest BCUT2D eigenvalue weighted by molar-refractivity contribution is 7.89. The van der Waals surface area contributed by atoms with E-state index in [4.69, 9.17) is 23.2 Å². The maximum absolute atomic E-state index is 13.0. The third kappa shape index (κ3) is 4.51. The van der Waals surface area contributed by atoms with Crippen LogP contribution in [-0.4, -0.2) is 41.5 Å². The number of amides is 1. The molecule has 1 fully saturated rings. The number of halogens is 2. The van der Waals surface area contributed by atoms with E-state index in [0.717, 1.165) is 25.8 Å². The molecule has 152 valence electrons. The predicted molar refractivity (Wildman–Crippen MR) is 108 cm³/mol. The van der Waals surface area contributed by atoms with E-state index in [1.807, 2.05) is 13.1 Å². The molecule has 1 amide bonds. The highest BCUT2D eigenvalue weighted by atomic mass is 35.5. The molecule has 1 N–H and O–H groups in total. The largest absolute Gasteiger partial charge is 0.346 e. The van der Waals surface area contributed by atoms with Gasteiger partial charge >= 0.3 is 0 Å². The zero-order valence-electron chi connectivity index (χ0n) is 15.5. The molecule has 0 atom stereocenters. The van der Waals surface area contributed by atoms with Crippen LogP contribution in [-0.2, 0) is 23.1 Å². The average molecular weight is 445 g/mol. The zero-order valence-corrected chi connectivity index (χ0v) is 17.8. The van der Waals surface area contributed by atoms with E-state index in [1.54, 1.807) is 10.7 Å². The average Bonchev–Trinajstić information content (AvgIpc) is 3.15. The third-order valence-corrected chi connectivity index (χ3v) is 7.33. The smallest absolute Gasteiger partial charge is 0.253 e. The summed E-state index contributed by atoms with van der Waals surface area (Å²) in [6, 6.07) is 4.37. The number of hydrogen-bond acceptors (Lipinski definition) is 4. The number of aromatic nitrogens is 2. The molecule has 2 heterocycles. The molecule has 0 unspecified atom stereocenters. The summed E-state index contributed by atoms with van der Waals surface area (Å²) in [4.78, 5) is 12.5. The summed E-state index contributed by atoms with van der Waals surface area (Å²) < 4.78 is 29.1. The first-order chi connectivity index (χ1) is 13.3. The molecule has 0 aliphatic carbocycles. The number of piperidine rings is 1. The van der Waals surface area contributed by atoms with Gasteiger partial charge in [0.2, 0.25) is 10.0 Å². The number of sulfonamides is 1. The van der Waals surface area contributed by atoms with Crippen molar-refractivity contribution in [3.63, 3.8) is 0 Å². The first-order valence-electron chi connectivity index (χ1n) is 9.12. The lowest BCUT2D eigenvalue weighted by atomic mass is 10.2. The van der Waals surface area contributed by atoms with Crippen LogP contribution in [0.1, 0.15) is 42.2 Å². The van der Waals surface area contributed by atoms with E-state index < -0.39 is 15.9 Å². The Morgan fingerprint density at radius 1 is 1.18 bits per heavy atom. The number of aryl methyl sites for hydroxylation is 1. The summed E-state index contributed by atoms with van der Waals surface area (Å²) in [5, 5.41) is 7.12. The standard InChI is InChI=1S/C18H22Cl2N4O3S/c1-2-23-9-6-13(22-23)12-21-18(25)14-10-17(16(20)11-15(14)19)28(26,27)24-7-4-3-5-8-24/h6,9-11H,2-5,7-8,12H2,1H3,(H,21,25). The molecule has 1 aliphatic rings. The van der Waals surface area contributed by atoms with E-state index >= 15 is 0 Å². The van der Waals surface area contributed by atoms with Crippen LogP contribution in [0, 0.1) is 0 Å². The number of carbonyl (C=O) groups excluding carboxylic acids is 1. The van der Waals surface area contributed by atoms with Crippen molar-refractivity contribution in [2.75, 3.05) is 13.1 Å². The van der Waals surface area contributed by atoms with Crippen molar-refractivity contribution in [1.82, 2.24) is 19.4 Å². The van der Waals surface area contributed by atoms with Gasteiger partial charge in [0.05, 0.1) is 27.8 Å². The van der Waals surface area contributed by atoms with Crippen molar-refractivity contribution in [1.29, 1.82) is 0 Å². The van der Waals surface area contributed by atoms with Gasteiger partial charge in [-0.15, -0.1) is 0 Å². The fourth-order valence-corrected chi connectivity index (χ4v) is 5.44. The van der Waals surface area contributed by atoms with E-state index in [0.29, 0.717) is 18.8 Å². The molecule has 2 aromatic rings. The summed E-state index contributed by atoms with van der Waals surface area (Å²) >= 11 is 12.3. The minimum absolute atomic E-state index is 0.00816. The molecule has 1 aromatic carbocycles. The van der Waals surface area contributed by atoms with Gasteiger partial charge in [-0.3, -0.25) is 9.48 Å². The molecule has 28 heavy (non-hydrogen) atoms. The molecule has 1 aliphatic heterocycles. The van der Waals surface area contributed by atoms with E-state index in [9.17, 15) is 13.2 Å². The number of carbonyl (C=O) groups is 1. The van der Waals surface area contributed by atoms with Crippen LogP contribution < -0.4 is 5.32 Å². The predicted octanol–water partition coefficient (Wildman–Crippen LogP) is 3.31. The normalized spacial score (nSPS) is 15.5. The Morgan fingerprint density at radius 3 is 2.54 bits per heavy atom. The van der Waals surface area contributed by atoms with Gasteiger partial charge in [0, 0.05) is 25.8 Å². The summed E-state index contributed by atoms with van der Waals surface area (Å²) in [5.41, 5.74) is 0.762. The van der Waals surface area contributed by atoms with Crippen molar-refractivity contribution < 1.29 is 13.2 Å². The van der Waals surface area contributed by atoms with Gasteiger partial charge in [-0.2, -0.15) is 9.40 Å². The molecule has 0 spiro atoms. The molecular weight excluding hydrogens is 423 g/mol. The van der Waals surface area contributed by atoms with Crippen LogP contribution in [0.3, 0.4) is 0 Å². The van der Waals surface area contributed by atoms with Gasteiger partial charge in [0.1, 0.15) is 4.90 Å². The number of benzene rings is 1. The van der Waals surface area contributed by atoms with Gasteiger partial charge in [-0.05, 0) is 38.0 Å². The Hall–Kier alpha value is -1.61. The molecular formula is C18H22Cl2N4O3S. The zero-order chi connectivity index (χ0) is 20.3. The maximum Gasteiger partial charge on any atom is 0.253 e. The fraction of sp³-hybridized carbons (Fsp3) is 0.444. The minimum atomic E-state index is -3.79. The van der Waals surface area contributed by atoms with Gasteiger partial charge < -0.3 is 5.32 Å². The van der Waals surface area contributed by atoms with Gasteiger partial charge in [0.15, 0.2) is 0 Å². The van der Waals surface area contributed by atoms with E-state index in [2.05, 4.69) is 10.4 Å². The molecule has 10 heteroatoms. The molecule has 0 saturated carbocycles. The highest BCUT2D eigenvalue weighted by Crippen LogP contribution is 2.31. The lowest BCUT2D eigenvalue weighted by Gasteiger charge is -2.26. The topological polar surface area (TPSA) is 84.3 Å². The van der Waals surface area contributed by atoms with Crippen LogP contribution in [0.4, 0.5) is 0 Å².